The predicted octanol–water partition coefficient (Wildman–Crippen LogP) is 5.49. The summed E-state index contributed by atoms with van der Waals surface area (Å²) < 4.78 is 16.6. The van der Waals surface area contributed by atoms with Gasteiger partial charge in [-0.25, -0.2) is 9.59 Å². The largest absolute Gasteiger partial charge is 0.497 e. The molecular weight excluding hydrogens is 458 g/mol. The van der Waals surface area contributed by atoms with Gasteiger partial charge in [-0.15, -0.1) is 0 Å². The molecule has 1 atom stereocenters. The highest BCUT2D eigenvalue weighted by atomic mass is 16.5. The van der Waals surface area contributed by atoms with Gasteiger partial charge < -0.3 is 24.3 Å². The normalized spacial score (nSPS) is 12.9. The van der Waals surface area contributed by atoms with Crippen LogP contribution in [0.5, 0.6) is 5.75 Å². The lowest BCUT2D eigenvalue weighted by atomic mass is 9.98. The molecule has 0 bridgehead atoms. The summed E-state index contributed by atoms with van der Waals surface area (Å²) in [5.41, 5.74) is 5.21. The zero-order valence-corrected chi connectivity index (χ0v) is 19.6. The Morgan fingerprint density at radius 3 is 2.31 bits per heavy atom. The van der Waals surface area contributed by atoms with Gasteiger partial charge in [0.2, 0.25) is 0 Å². The van der Waals surface area contributed by atoms with E-state index in [0.29, 0.717) is 17.3 Å². The van der Waals surface area contributed by atoms with Crippen LogP contribution in [0.2, 0.25) is 0 Å². The van der Waals surface area contributed by atoms with Crippen molar-refractivity contribution in [3.63, 3.8) is 0 Å². The van der Waals surface area contributed by atoms with Gasteiger partial charge >= 0.3 is 12.1 Å². The van der Waals surface area contributed by atoms with Gasteiger partial charge in [0.1, 0.15) is 29.9 Å². The Morgan fingerprint density at radius 1 is 0.944 bits per heavy atom. The van der Waals surface area contributed by atoms with Crippen LogP contribution in [-0.2, 0) is 16.0 Å². The van der Waals surface area contributed by atoms with E-state index >= 15 is 0 Å². The Bertz CT molecular complexity index is 1360. The van der Waals surface area contributed by atoms with Crippen LogP contribution in [0.1, 0.15) is 22.8 Å². The van der Waals surface area contributed by atoms with Crippen molar-refractivity contribution in [1.29, 1.82) is 0 Å². The second kappa shape index (κ2) is 10.00. The molecule has 4 aromatic rings. The number of benzene rings is 3. The number of amides is 1. The lowest BCUT2D eigenvalue weighted by Gasteiger charge is -2.17. The number of fused-ring (bicyclic) bond motifs is 3. The molecular formula is C29H25NO6. The number of rotatable bonds is 8. The van der Waals surface area contributed by atoms with Gasteiger partial charge in [0.15, 0.2) is 0 Å². The maximum atomic E-state index is 12.6. The molecule has 0 saturated carbocycles. The van der Waals surface area contributed by atoms with Crippen LogP contribution in [0.25, 0.3) is 22.5 Å². The Kier molecular flexibility index (Phi) is 6.45. The summed E-state index contributed by atoms with van der Waals surface area (Å²) in [7, 11) is 1.58. The SMILES string of the molecule is COc1cccc(-c2ccc(CC(NC(=O)OCC3c4ccccc4-c4ccccc43)C(=O)O)o2)c1. The van der Waals surface area contributed by atoms with Gasteiger partial charge in [-0.1, -0.05) is 60.7 Å². The fourth-order valence-corrected chi connectivity index (χ4v) is 4.60. The number of furan rings is 1. The van der Waals surface area contributed by atoms with E-state index in [-0.39, 0.29) is 18.9 Å². The van der Waals surface area contributed by atoms with Gasteiger partial charge in [0.05, 0.1) is 7.11 Å². The van der Waals surface area contributed by atoms with Crippen molar-refractivity contribution >= 4 is 12.1 Å². The highest BCUT2D eigenvalue weighted by molar-refractivity contribution is 5.81. The van der Waals surface area contributed by atoms with Crippen molar-refractivity contribution in [2.45, 2.75) is 18.4 Å². The quantitative estimate of drug-likeness (QED) is 0.344. The number of hydrogen-bond acceptors (Lipinski definition) is 5. The number of aliphatic carboxylic acids is 1. The van der Waals surface area contributed by atoms with Crippen LogP contribution >= 0.6 is 0 Å². The average Bonchev–Trinajstić information content (AvgIpc) is 3.50. The number of carbonyl (C=O) groups excluding carboxylic acids is 1. The third kappa shape index (κ3) is 4.68. The summed E-state index contributed by atoms with van der Waals surface area (Å²) in [6.45, 7) is 0.104. The molecule has 5 rings (SSSR count). The van der Waals surface area contributed by atoms with Crippen LogP contribution < -0.4 is 10.1 Å². The molecule has 7 heteroatoms. The monoisotopic (exact) mass is 483 g/mol. The highest BCUT2D eigenvalue weighted by Gasteiger charge is 2.30. The zero-order chi connectivity index (χ0) is 25.1. The Balaban J connectivity index is 1.24. The minimum absolute atomic E-state index is 0.0243. The second-order valence-electron chi connectivity index (χ2n) is 8.56. The summed E-state index contributed by atoms with van der Waals surface area (Å²) in [6, 6.07) is 25.7. The molecule has 1 aromatic heterocycles. The van der Waals surface area contributed by atoms with Gasteiger partial charge in [0.25, 0.3) is 0 Å². The molecule has 36 heavy (non-hydrogen) atoms. The topological polar surface area (TPSA) is 98.0 Å². The van der Waals surface area contributed by atoms with Crippen molar-refractivity contribution in [1.82, 2.24) is 5.32 Å². The number of carboxylic acid groups (broad SMARTS) is 1. The third-order valence-corrected chi connectivity index (χ3v) is 6.36. The molecule has 1 unspecified atom stereocenters. The molecule has 1 aliphatic carbocycles. The van der Waals surface area contributed by atoms with Crippen LogP contribution in [0.4, 0.5) is 4.79 Å². The molecule has 1 heterocycles. The third-order valence-electron chi connectivity index (χ3n) is 6.36. The van der Waals surface area contributed by atoms with E-state index in [0.717, 1.165) is 27.8 Å². The smallest absolute Gasteiger partial charge is 0.407 e. The number of carboxylic acids is 1. The molecule has 2 N–H and O–H groups in total. The molecule has 7 nitrogen and oxygen atoms in total. The Hall–Kier alpha value is -4.52. The number of ether oxygens (including phenoxy) is 2. The van der Waals surface area contributed by atoms with Crippen molar-refractivity contribution in [3.05, 3.63) is 102 Å². The van der Waals surface area contributed by atoms with Crippen molar-refractivity contribution in [3.8, 4) is 28.2 Å². The molecule has 0 aliphatic heterocycles. The maximum Gasteiger partial charge on any atom is 0.407 e. The van der Waals surface area contributed by atoms with E-state index in [9.17, 15) is 14.7 Å². The number of methoxy groups -OCH3 is 1. The van der Waals surface area contributed by atoms with Gasteiger partial charge in [-0.3, -0.25) is 0 Å². The molecule has 0 fully saturated rings. The summed E-state index contributed by atoms with van der Waals surface area (Å²) in [5, 5.41) is 12.2. The van der Waals surface area contributed by atoms with Crippen LogP contribution in [0.15, 0.2) is 89.3 Å². The van der Waals surface area contributed by atoms with E-state index in [1.165, 1.54) is 0 Å². The molecule has 182 valence electrons. The number of carbonyl (C=O) groups is 2. The first-order valence-corrected chi connectivity index (χ1v) is 11.6. The summed E-state index contributed by atoms with van der Waals surface area (Å²) >= 11 is 0. The fourth-order valence-electron chi connectivity index (χ4n) is 4.60. The summed E-state index contributed by atoms with van der Waals surface area (Å²) in [6.07, 6.45) is -0.812. The molecule has 1 aliphatic rings. The summed E-state index contributed by atoms with van der Waals surface area (Å²) in [4.78, 5) is 24.4. The highest BCUT2D eigenvalue weighted by Crippen LogP contribution is 2.44. The first-order valence-electron chi connectivity index (χ1n) is 11.6. The molecule has 0 saturated heterocycles. The van der Waals surface area contributed by atoms with Gasteiger partial charge in [-0.05, 0) is 46.5 Å². The predicted molar refractivity (Wildman–Crippen MR) is 134 cm³/mol. The van der Waals surface area contributed by atoms with Crippen molar-refractivity contribution < 1.29 is 28.6 Å². The van der Waals surface area contributed by atoms with E-state index < -0.39 is 18.1 Å². The van der Waals surface area contributed by atoms with Crippen molar-refractivity contribution in [2.24, 2.45) is 0 Å². The number of nitrogens with one attached hydrogen (secondary N) is 1. The maximum absolute atomic E-state index is 12.6. The first-order chi connectivity index (χ1) is 17.5. The first kappa shape index (κ1) is 23.2. The van der Waals surface area contributed by atoms with Crippen LogP contribution in [0.3, 0.4) is 0 Å². The van der Waals surface area contributed by atoms with Crippen LogP contribution in [0, 0.1) is 0 Å². The van der Waals surface area contributed by atoms with Gasteiger partial charge in [-0.2, -0.15) is 0 Å². The summed E-state index contributed by atoms with van der Waals surface area (Å²) in [5.74, 6) is 0.406. The molecule has 0 radical (unpaired) electrons. The Morgan fingerprint density at radius 2 is 1.64 bits per heavy atom. The lowest BCUT2D eigenvalue weighted by Crippen LogP contribution is -2.42. The zero-order valence-electron chi connectivity index (χ0n) is 19.6. The molecule has 3 aromatic carbocycles. The van der Waals surface area contributed by atoms with E-state index in [2.05, 4.69) is 17.4 Å². The van der Waals surface area contributed by atoms with Crippen LogP contribution in [-0.4, -0.2) is 36.9 Å². The molecule has 0 spiro atoms. The number of hydrogen-bond donors (Lipinski definition) is 2. The minimum atomic E-state index is -1.20. The minimum Gasteiger partial charge on any atom is -0.497 e. The van der Waals surface area contributed by atoms with E-state index in [1.807, 2.05) is 60.7 Å². The number of alkyl carbamates (subject to hydrolysis) is 1. The lowest BCUT2D eigenvalue weighted by molar-refractivity contribution is -0.139. The Labute approximate surface area is 208 Å². The fraction of sp³-hybridized carbons (Fsp3) is 0.172. The molecule has 1 amide bonds. The van der Waals surface area contributed by atoms with E-state index in [1.54, 1.807) is 19.2 Å². The van der Waals surface area contributed by atoms with Crippen molar-refractivity contribution in [2.75, 3.05) is 13.7 Å². The van der Waals surface area contributed by atoms with Gasteiger partial charge in [0, 0.05) is 17.9 Å². The second-order valence-corrected chi connectivity index (χ2v) is 8.56. The van der Waals surface area contributed by atoms with E-state index in [4.69, 9.17) is 13.9 Å². The average molecular weight is 484 g/mol. The standard InChI is InChI=1S/C29H25NO6/c1-34-19-8-6-7-18(15-19)27-14-13-20(36-27)16-26(28(31)32)30-29(33)35-17-25-23-11-4-2-9-21(23)22-10-3-5-12-24(22)25/h2-15,25-26H,16-17H2,1H3,(H,30,33)(H,31,32).